The second-order valence-electron chi connectivity index (χ2n) is 9.44. The molecular weight excluding hydrogens is 436 g/mol. The number of hydrogen-bond acceptors (Lipinski definition) is 1. The third-order valence-electron chi connectivity index (χ3n) is 7.44. The maximum Gasteiger partial charge on any atom is 0.123 e. The summed E-state index contributed by atoms with van der Waals surface area (Å²) in [5.41, 5.74) is 12.8. The van der Waals surface area contributed by atoms with Crippen LogP contribution in [0.3, 0.4) is 0 Å². The second-order valence-corrected chi connectivity index (χ2v) is 9.44. The number of aromatic hydroxyl groups is 1. The quantitative estimate of drug-likeness (QED) is 0.279. The number of phenolic OH excluding ortho intramolecular Hbond substituents is 1. The normalized spacial score (nSPS) is 11.9. The van der Waals surface area contributed by atoms with E-state index in [9.17, 15) is 5.11 Å². The van der Waals surface area contributed by atoms with Crippen molar-refractivity contribution in [1.82, 2.24) is 0 Å². The predicted molar refractivity (Wildman–Crippen MR) is 150 cm³/mol. The number of hydrogen-bond donors (Lipinski definition) is 1. The number of phenols is 1. The van der Waals surface area contributed by atoms with Crippen LogP contribution in [0.4, 0.5) is 0 Å². The molecule has 0 heterocycles. The molecule has 0 saturated heterocycles. The standard InChI is InChI=1S/C35H24O/c36-33-21-20-29(28-15-7-8-16-31(28)33)30-19-18-27(24-12-5-2-6-13-24)35-32(30)22-25-14-9-17-26(34(25)35)23-10-3-1-4-11-23/h1-21,36H,22H2. The zero-order chi connectivity index (χ0) is 24.1. The molecule has 6 aromatic rings. The van der Waals surface area contributed by atoms with Crippen molar-refractivity contribution in [2.75, 3.05) is 0 Å². The van der Waals surface area contributed by atoms with E-state index in [2.05, 4.69) is 103 Å². The van der Waals surface area contributed by atoms with Gasteiger partial charge in [0.15, 0.2) is 0 Å². The molecule has 0 aromatic heterocycles. The van der Waals surface area contributed by atoms with Crippen LogP contribution in [0.15, 0.2) is 127 Å². The van der Waals surface area contributed by atoms with Gasteiger partial charge in [-0.15, -0.1) is 0 Å². The monoisotopic (exact) mass is 460 g/mol. The lowest BCUT2D eigenvalue weighted by molar-refractivity contribution is 0.481. The van der Waals surface area contributed by atoms with Gasteiger partial charge >= 0.3 is 0 Å². The highest BCUT2D eigenvalue weighted by Crippen LogP contribution is 2.51. The summed E-state index contributed by atoms with van der Waals surface area (Å²) in [7, 11) is 0. The number of benzene rings is 6. The van der Waals surface area contributed by atoms with Crippen molar-refractivity contribution in [3.05, 3.63) is 139 Å². The van der Waals surface area contributed by atoms with E-state index in [1.54, 1.807) is 0 Å². The maximum absolute atomic E-state index is 10.5. The van der Waals surface area contributed by atoms with Crippen LogP contribution < -0.4 is 0 Å². The van der Waals surface area contributed by atoms with Crippen molar-refractivity contribution in [1.29, 1.82) is 0 Å². The summed E-state index contributed by atoms with van der Waals surface area (Å²) in [4.78, 5) is 0. The van der Waals surface area contributed by atoms with E-state index in [0.717, 1.165) is 22.8 Å². The van der Waals surface area contributed by atoms with Gasteiger partial charge in [0, 0.05) is 5.39 Å². The zero-order valence-corrected chi connectivity index (χ0v) is 19.8. The Balaban J connectivity index is 1.56. The average molecular weight is 461 g/mol. The minimum atomic E-state index is 0.321. The van der Waals surface area contributed by atoms with Gasteiger partial charge in [-0.05, 0) is 73.5 Å². The third-order valence-corrected chi connectivity index (χ3v) is 7.44. The Labute approximate surface area is 210 Å². The summed E-state index contributed by atoms with van der Waals surface area (Å²) >= 11 is 0. The van der Waals surface area contributed by atoms with Crippen LogP contribution >= 0.6 is 0 Å². The van der Waals surface area contributed by atoms with Gasteiger partial charge in [0.05, 0.1) is 0 Å². The molecule has 1 N–H and O–H groups in total. The first-order valence-electron chi connectivity index (χ1n) is 12.4. The maximum atomic E-state index is 10.5. The molecule has 170 valence electrons. The van der Waals surface area contributed by atoms with Gasteiger partial charge in [-0.1, -0.05) is 121 Å². The van der Waals surface area contributed by atoms with Crippen LogP contribution in [0.2, 0.25) is 0 Å². The first kappa shape index (κ1) is 20.7. The van der Waals surface area contributed by atoms with Crippen molar-refractivity contribution in [3.63, 3.8) is 0 Å². The minimum Gasteiger partial charge on any atom is -0.507 e. The molecule has 0 spiro atoms. The molecule has 0 fully saturated rings. The average Bonchev–Trinajstić information content (AvgIpc) is 3.34. The molecular formula is C35H24O. The Bertz CT molecular complexity index is 1750. The molecule has 36 heavy (non-hydrogen) atoms. The molecule has 0 radical (unpaired) electrons. The first-order valence-corrected chi connectivity index (χ1v) is 12.4. The van der Waals surface area contributed by atoms with Crippen molar-refractivity contribution >= 4 is 10.8 Å². The largest absolute Gasteiger partial charge is 0.507 e. The van der Waals surface area contributed by atoms with E-state index in [0.29, 0.717) is 5.75 Å². The highest BCUT2D eigenvalue weighted by molar-refractivity contribution is 6.05. The van der Waals surface area contributed by atoms with Gasteiger partial charge in [-0.3, -0.25) is 0 Å². The Hall–Kier alpha value is -4.62. The van der Waals surface area contributed by atoms with Gasteiger partial charge in [0.2, 0.25) is 0 Å². The molecule has 1 heteroatoms. The fourth-order valence-corrected chi connectivity index (χ4v) is 5.84. The molecule has 1 aliphatic rings. The molecule has 0 saturated carbocycles. The van der Waals surface area contributed by atoms with Crippen LogP contribution in [0.25, 0.3) is 55.3 Å². The number of rotatable bonds is 3. The lowest BCUT2D eigenvalue weighted by Gasteiger charge is -2.18. The van der Waals surface area contributed by atoms with Gasteiger partial charge in [0.1, 0.15) is 5.75 Å². The summed E-state index contributed by atoms with van der Waals surface area (Å²) < 4.78 is 0. The van der Waals surface area contributed by atoms with Crippen LogP contribution in [-0.2, 0) is 6.42 Å². The lowest BCUT2D eigenvalue weighted by atomic mass is 9.86. The summed E-state index contributed by atoms with van der Waals surface area (Å²) in [5, 5.41) is 12.5. The van der Waals surface area contributed by atoms with Gasteiger partial charge in [-0.2, -0.15) is 0 Å². The summed E-state index contributed by atoms with van der Waals surface area (Å²) in [6.45, 7) is 0. The molecule has 7 rings (SSSR count). The summed E-state index contributed by atoms with van der Waals surface area (Å²) in [6.07, 6.45) is 0.885. The smallest absolute Gasteiger partial charge is 0.123 e. The molecule has 6 aromatic carbocycles. The van der Waals surface area contributed by atoms with E-state index in [1.807, 2.05) is 24.3 Å². The van der Waals surface area contributed by atoms with Crippen molar-refractivity contribution in [2.24, 2.45) is 0 Å². The summed E-state index contributed by atoms with van der Waals surface area (Å²) in [6, 6.07) is 44.7. The van der Waals surface area contributed by atoms with E-state index < -0.39 is 0 Å². The van der Waals surface area contributed by atoms with Gasteiger partial charge < -0.3 is 5.11 Å². The van der Waals surface area contributed by atoms with E-state index in [1.165, 1.54) is 50.1 Å². The molecule has 1 nitrogen and oxygen atoms in total. The lowest BCUT2D eigenvalue weighted by Crippen LogP contribution is -1.93. The molecule has 0 bridgehead atoms. The third kappa shape index (κ3) is 3.17. The second kappa shape index (κ2) is 8.25. The SMILES string of the molecule is Oc1ccc(-c2ccc(-c3ccccc3)c3c2Cc2cccc(-c4ccccc4)c2-3)c2ccccc12. The fourth-order valence-electron chi connectivity index (χ4n) is 5.84. The molecule has 1 aliphatic carbocycles. The summed E-state index contributed by atoms with van der Waals surface area (Å²) in [5.74, 6) is 0.321. The van der Waals surface area contributed by atoms with E-state index in [-0.39, 0.29) is 0 Å². The Kier molecular flexibility index (Phi) is 4.75. The Morgan fingerprint density at radius 1 is 0.417 bits per heavy atom. The highest BCUT2D eigenvalue weighted by Gasteiger charge is 2.28. The number of fused-ring (bicyclic) bond motifs is 4. The van der Waals surface area contributed by atoms with Gasteiger partial charge in [-0.25, -0.2) is 0 Å². The molecule has 0 unspecified atom stereocenters. The Morgan fingerprint density at radius 2 is 1.00 bits per heavy atom. The topological polar surface area (TPSA) is 20.2 Å². The molecule has 0 aliphatic heterocycles. The van der Waals surface area contributed by atoms with Crippen LogP contribution in [-0.4, -0.2) is 5.11 Å². The van der Waals surface area contributed by atoms with Crippen LogP contribution in [0, 0.1) is 0 Å². The fraction of sp³-hybridized carbons (Fsp3) is 0.0286. The van der Waals surface area contributed by atoms with Crippen molar-refractivity contribution in [3.8, 4) is 50.3 Å². The predicted octanol–water partition coefficient (Wildman–Crippen LogP) is 9.12. The van der Waals surface area contributed by atoms with E-state index in [4.69, 9.17) is 0 Å². The van der Waals surface area contributed by atoms with Crippen LogP contribution in [0.1, 0.15) is 11.1 Å². The first-order chi connectivity index (χ1) is 17.8. The van der Waals surface area contributed by atoms with Gasteiger partial charge in [0.25, 0.3) is 0 Å². The molecule has 0 atom stereocenters. The highest BCUT2D eigenvalue weighted by atomic mass is 16.3. The minimum absolute atomic E-state index is 0.321. The zero-order valence-electron chi connectivity index (χ0n) is 19.8. The van der Waals surface area contributed by atoms with Crippen LogP contribution in [0.5, 0.6) is 5.75 Å². The Morgan fingerprint density at radius 3 is 1.72 bits per heavy atom. The van der Waals surface area contributed by atoms with Crippen molar-refractivity contribution in [2.45, 2.75) is 6.42 Å². The van der Waals surface area contributed by atoms with Crippen molar-refractivity contribution < 1.29 is 5.11 Å². The van der Waals surface area contributed by atoms with E-state index >= 15 is 0 Å². The molecule has 0 amide bonds.